The van der Waals surface area contributed by atoms with Crippen LogP contribution in [0.25, 0.3) is 11.3 Å². The van der Waals surface area contributed by atoms with E-state index in [9.17, 15) is 0 Å². The summed E-state index contributed by atoms with van der Waals surface area (Å²) < 4.78 is 12.2. The fourth-order valence-corrected chi connectivity index (χ4v) is 4.69. The van der Waals surface area contributed by atoms with Crippen LogP contribution in [0.4, 0.5) is 0 Å². The quantitative estimate of drug-likeness (QED) is 0.419. The largest absolute Gasteiger partial charge is 0.490 e. The van der Waals surface area contributed by atoms with Gasteiger partial charge in [-0.25, -0.2) is 0 Å². The van der Waals surface area contributed by atoms with Crippen LogP contribution in [0.3, 0.4) is 0 Å². The Balaban J connectivity index is 2.05. The van der Waals surface area contributed by atoms with E-state index < -0.39 is 0 Å². The second-order valence-corrected chi connectivity index (χ2v) is 8.47. The van der Waals surface area contributed by atoms with E-state index in [2.05, 4.69) is 58.2 Å². The minimum atomic E-state index is 0.240. The predicted octanol–water partition coefficient (Wildman–Crippen LogP) is 7.12. The SMILES string of the molecule is CCCC(CCC)c1cnc(-c2c(CC)cccc2CC)cc1OC1CCOCC1. The molecule has 3 rings (SSSR count). The second-order valence-electron chi connectivity index (χ2n) is 8.47. The molecule has 164 valence electrons. The minimum Gasteiger partial charge on any atom is -0.490 e. The maximum absolute atomic E-state index is 6.65. The average Bonchev–Trinajstić information content (AvgIpc) is 2.79. The molecule has 0 bridgehead atoms. The first-order chi connectivity index (χ1) is 14.7. The molecule has 1 saturated heterocycles. The Hall–Kier alpha value is -1.87. The first kappa shape index (κ1) is 22.8. The number of aromatic nitrogens is 1. The van der Waals surface area contributed by atoms with Crippen molar-refractivity contribution in [3.05, 3.63) is 47.2 Å². The molecular formula is C27H39NO2. The van der Waals surface area contributed by atoms with E-state index in [0.29, 0.717) is 5.92 Å². The van der Waals surface area contributed by atoms with Crippen LogP contribution >= 0.6 is 0 Å². The van der Waals surface area contributed by atoms with Gasteiger partial charge in [-0.2, -0.15) is 0 Å². The zero-order valence-corrected chi connectivity index (χ0v) is 19.4. The lowest BCUT2D eigenvalue weighted by Crippen LogP contribution is -2.26. The van der Waals surface area contributed by atoms with Crippen molar-refractivity contribution in [2.45, 2.75) is 91.1 Å². The molecule has 0 radical (unpaired) electrons. The zero-order valence-electron chi connectivity index (χ0n) is 19.4. The highest BCUT2D eigenvalue weighted by Gasteiger charge is 2.22. The summed E-state index contributed by atoms with van der Waals surface area (Å²) in [6, 6.07) is 8.88. The molecule has 1 aromatic carbocycles. The van der Waals surface area contributed by atoms with Crippen molar-refractivity contribution in [2.24, 2.45) is 0 Å². The first-order valence-corrected chi connectivity index (χ1v) is 12.1. The van der Waals surface area contributed by atoms with E-state index in [4.69, 9.17) is 14.5 Å². The lowest BCUT2D eigenvalue weighted by Gasteiger charge is -2.27. The first-order valence-electron chi connectivity index (χ1n) is 12.1. The van der Waals surface area contributed by atoms with E-state index in [1.165, 1.54) is 47.9 Å². The van der Waals surface area contributed by atoms with E-state index in [1.807, 2.05) is 0 Å². The summed E-state index contributed by atoms with van der Waals surface area (Å²) in [5, 5.41) is 0. The van der Waals surface area contributed by atoms with Gasteiger partial charge in [0.2, 0.25) is 0 Å². The Kier molecular flexibility index (Phi) is 8.74. The van der Waals surface area contributed by atoms with Gasteiger partial charge in [-0.3, -0.25) is 4.98 Å². The van der Waals surface area contributed by atoms with Gasteiger partial charge in [-0.1, -0.05) is 58.7 Å². The highest BCUT2D eigenvalue weighted by molar-refractivity contribution is 5.69. The Labute approximate surface area is 183 Å². The highest BCUT2D eigenvalue weighted by atomic mass is 16.5. The van der Waals surface area contributed by atoms with Crippen LogP contribution in [0.2, 0.25) is 0 Å². The van der Waals surface area contributed by atoms with Crippen LogP contribution < -0.4 is 4.74 Å². The van der Waals surface area contributed by atoms with Crippen molar-refractivity contribution in [3.63, 3.8) is 0 Å². The van der Waals surface area contributed by atoms with Gasteiger partial charge in [-0.15, -0.1) is 0 Å². The minimum absolute atomic E-state index is 0.240. The number of benzene rings is 1. The molecule has 0 amide bonds. The maximum atomic E-state index is 6.65. The molecule has 2 aromatic rings. The second kappa shape index (κ2) is 11.5. The lowest BCUT2D eigenvalue weighted by atomic mass is 9.89. The molecule has 0 unspecified atom stereocenters. The number of ether oxygens (including phenoxy) is 2. The van der Waals surface area contributed by atoms with E-state index in [1.54, 1.807) is 0 Å². The maximum Gasteiger partial charge on any atom is 0.126 e. The Bertz CT molecular complexity index is 767. The standard InChI is InChI=1S/C27H39NO2/c1-5-10-22(11-6-2)24-19-28-25(18-26(24)30-23-14-16-29-17-15-23)27-20(7-3)12-9-13-21(27)8-4/h9,12-13,18-19,22-23H,5-8,10-11,14-17H2,1-4H3. The summed E-state index contributed by atoms with van der Waals surface area (Å²) in [6.45, 7) is 10.6. The normalized spacial score (nSPS) is 15.0. The van der Waals surface area contributed by atoms with Crippen LogP contribution in [0.5, 0.6) is 5.75 Å². The summed E-state index contributed by atoms with van der Waals surface area (Å²) in [5.74, 6) is 1.57. The molecule has 1 aliphatic heterocycles. The molecule has 0 N–H and O–H groups in total. The molecular weight excluding hydrogens is 370 g/mol. The Morgan fingerprint density at radius 1 is 1.00 bits per heavy atom. The summed E-state index contributed by atoms with van der Waals surface area (Å²) in [4.78, 5) is 5.00. The highest BCUT2D eigenvalue weighted by Crippen LogP contribution is 2.38. The molecule has 1 aliphatic rings. The molecule has 0 saturated carbocycles. The van der Waals surface area contributed by atoms with Crippen molar-refractivity contribution in [1.29, 1.82) is 0 Å². The molecule has 1 aromatic heterocycles. The number of hydrogen-bond acceptors (Lipinski definition) is 3. The third-order valence-corrected chi connectivity index (χ3v) is 6.33. The van der Waals surface area contributed by atoms with Crippen LogP contribution in [0.1, 0.15) is 88.8 Å². The van der Waals surface area contributed by atoms with Gasteiger partial charge in [0.1, 0.15) is 11.9 Å². The number of hydrogen-bond donors (Lipinski definition) is 0. The third-order valence-electron chi connectivity index (χ3n) is 6.33. The van der Waals surface area contributed by atoms with Gasteiger partial charge in [0.05, 0.1) is 18.9 Å². The summed E-state index contributed by atoms with van der Waals surface area (Å²) in [5.41, 5.74) is 6.38. The van der Waals surface area contributed by atoms with Crippen LogP contribution in [0, 0.1) is 0 Å². The van der Waals surface area contributed by atoms with Crippen LogP contribution in [0.15, 0.2) is 30.5 Å². The number of nitrogens with zero attached hydrogens (tertiary/aromatic N) is 1. The molecule has 0 aliphatic carbocycles. The zero-order chi connectivity index (χ0) is 21.3. The van der Waals surface area contributed by atoms with Gasteiger partial charge in [-0.05, 0) is 42.7 Å². The van der Waals surface area contributed by atoms with Gasteiger partial charge in [0.25, 0.3) is 0 Å². The third kappa shape index (κ3) is 5.43. The van der Waals surface area contributed by atoms with E-state index >= 15 is 0 Å². The van der Waals surface area contributed by atoms with E-state index in [0.717, 1.165) is 50.3 Å². The smallest absolute Gasteiger partial charge is 0.126 e. The van der Waals surface area contributed by atoms with Gasteiger partial charge in [0.15, 0.2) is 0 Å². The summed E-state index contributed by atoms with van der Waals surface area (Å²) in [6.07, 6.45) is 11.0. The summed E-state index contributed by atoms with van der Waals surface area (Å²) >= 11 is 0. The molecule has 3 heteroatoms. The monoisotopic (exact) mass is 409 g/mol. The number of rotatable bonds is 10. The van der Waals surface area contributed by atoms with Crippen LogP contribution in [-0.2, 0) is 17.6 Å². The molecule has 1 fully saturated rings. The lowest BCUT2D eigenvalue weighted by molar-refractivity contribution is 0.0250. The van der Waals surface area contributed by atoms with Gasteiger partial charge < -0.3 is 9.47 Å². The summed E-state index contributed by atoms with van der Waals surface area (Å²) in [7, 11) is 0. The Morgan fingerprint density at radius 3 is 2.20 bits per heavy atom. The predicted molar refractivity (Wildman–Crippen MR) is 125 cm³/mol. The number of pyridine rings is 1. The van der Waals surface area contributed by atoms with Crippen LogP contribution in [-0.4, -0.2) is 24.3 Å². The van der Waals surface area contributed by atoms with Crippen molar-refractivity contribution < 1.29 is 9.47 Å². The van der Waals surface area contributed by atoms with E-state index in [-0.39, 0.29) is 6.10 Å². The molecule has 0 atom stereocenters. The van der Waals surface area contributed by atoms with Crippen molar-refractivity contribution in [2.75, 3.05) is 13.2 Å². The molecule has 0 spiro atoms. The fourth-order valence-electron chi connectivity index (χ4n) is 4.69. The molecule has 2 heterocycles. The Morgan fingerprint density at radius 2 is 1.63 bits per heavy atom. The van der Waals surface area contributed by atoms with Crippen molar-refractivity contribution in [1.82, 2.24) is 4.98 Å². The molecule has 30 heavy (non-hydrogen) atoms. The van der Waals surface area contributed by atoms with Crippen molar-refractivity contribution >= 4 is 0 Å². The average molecular weight is 410 g/mol. The molecule has 3 nitrogen and oxygen atoms in total. The number of aryl methyl sites for hydroxylation is 2. The van der Waals surface area contributed by atoms with Gasteiger partial charge >= 0.3 is 0 Å². The van der Waals surface area contributed by atoms with Crippen molar-refractivity contribution in [3.8, 4) is 17.0 Å². The van der Waals surface area contributed by atoms with Gasteiger partial charge in [0, 0.05) is 36.2 Å². The fraction of sp³-hybridized carbons (Fsp3) is 0.593. The topological polar surface area (TPSA) is 31.4 Å².